The Balaban J connectivity index is 2.20. The molecule has 9 nitrogen and oxygen atoms in total. The Labute approximate surface area is 135 Å². The zero-order valence-corrected chi connectivity index (χ0v) is 12.9. The molecule has 0 fully saturated rings. The van der Waals surface area contributed by atoms with Crippen LogP contribution in [0.15, 0.2) is 46.1 Å². The van der Waals surface area contributed by atoms with Crippen molar-refractivity contribution in [1.82, 2.24) is 9.13 Å². The summed E-state index contributed by atoms with van der Waals surface area (Å²) in [6, 6.07) is 5.47. The zero-order chi connectivity index (χ0) is 17.9. The standard InChI is InChI=1S/C15H14N4O5/c1-17-9-10(14(21)18(2)15(17)22)6-7-13(20)16-11-4-3-5-12(8-11)19(23)24/h3-9H,1-2H3,(H,16,20)/b7-6+. The quantitative estimate of drug-likeness (QED) is 0.502. The molecule has 0 bridgehead atoms. The fourth-order valence-electron chi connectivity index (χ4n) is 2.00. The van der Waals surface area contributed by atoms with Gasteiger partial charge in [0.15, 0.2) is 0 Å². The normalized spacial score (nSPS) is 10.8. The Morgan fingerprint density at radius 3 is 2.67 bits per heavy atom. The topological polar surface area (TPSA) is 116 Å². The lowest BCUT2D eigenvalue weighted by atomic mass is 10.2. The van der Waals surface area contributed by atoms with Gasteiger partial charge in [-0.25, -0.2) is 4.79 Å². The Morgan fingerprint density at radius 1 is 1.29 bits per heavy atom. The first-order valence-electron chi connectivity index (χ1n) is 6.80. The maximum Gasteiger partial charge on any atom is 0.330 e. The van der Waals surface area contributed by atoms with Crippen LogP contribution in [0.5, 0.6) is 0 Å². The summed E-state index contributed by atoms with van der Waals surface area (Å²) < 4.78 is 2.15. The lowest BCUT2D eigenvalue weighted by Crippen LogP contribution is -2.37. The summed E-state index contributed by atoms with van der Waals surface area (Å²) in [7, 11) is 2.83. The third kappa shape index (κ3) is 3.64. The first-order valence-corrected chi connectivity index (χ1v) is 6.80. The number of carbonyl (C=O) groups is 1. The first kappa shape index (κ1) is 16.9. The second-order valence-electron chi connectivity index (χ2n) is 4.97. The van der Waals surface area contributed by atoms with Gasteiger partial charge in [0.05, 0.1) is 10.5 Å². The van der Waals surface area contributed by atoms with Gasteiger partial charge in [-0.2, -0.15) is 0 Å². The molecule has 1 aromatic carbocycles. The number of hydrogen-bond donors (Lipinski definition) is 1. The molecule has 0 unspecified atom stereocenters. The maximum absolute atomic E-state index is 11.9. The van der Waals surface area contributed by atoms with Crippen molar-refractivity contribution in [2.24, 2.45) is 14.1 Å². The van der Waals surface area contributed by atoms with E-state index in [0.717, 1.165) is 10.6 Å². The number of aryl methyl sites for hydroxylation is 1. The van der Waals surface area contributed by atoms with Crippen LogP contribution in [-0.4, -0.2) is 20.0 Å². The minimum Gasteiger partial charge on any atom is -0.322 e. The molecule has 0 aliphatic carbocycles. The third-order valence-corrected chi connectivity index (χ3v) is 3.21. The van der Waals surface area contributed by atoms with E-state index in [9.17, 15) is 24.5 Å². The van der Waals surface area contributed by atoms with Crippen LogP contribution in [0.25, 0.3) is 6.08 Å². The minimum absolute atomic E-state index is 0.149. The largest absolute Gasteiger partial charge is 0.330 e. The van der Waals surface area contributed by atoms with E-state index in [1.165, 1.54) is 55.2 Å². The van der Waals surface area contributed by atoms with Crippen molar-refractivity contribution in [2.75, 3.05) is 5.32 Å². The van der Waals surface area contributed by atoms with Crippen LogP contribution in [0, 0.1) is 10.1 Å². The molecule has 0 aliphatic heterocycles. The second kappa shape index (κ2) is 6.73. The van der Waals surface area contributed by atoms with Crippen LogP contribution in [0.4, 0.5) is 11.4 Å². The molecule has 1 aromatic heterocycles. The Morgan fingerprint density at radius 2 is 2.00 bits per heavy atom. The number of nitro groups is 1. The van der Waals surface area contributed by atoms with E-state index in [0.29, 0.717) is 0 Å². The molecule has 9 heteroatoms. The van der Waals surface area contributed by atoms with E-state index >= 15 is 0 Å². The van der Waals surface area contributed by atoms with Crippen LogP contribution in [0.3, 0.4) is 0 Å². The third-order valence-electron chi connectivity index (χ3n) is 3.21. The summed E-state index contributed by atoms with van der Waals surface area (Å²) in [5.41, 5.74) is -0.736. The van der Waals surface area contributed by atoms with Gasteiger partial charge in [0, 0.05) is 44.2 Å². The molecule has 0 atom stereocenters. The maximum atomic E-state index is 11.9. The van der Waals surface area contributed by atoms with Crippen LogP contribution in [0.2, 0.25) is 0 Å². The van der Waals surface area contributed by atoms with E-state index in [1.807, 2.05) is 0 Å². The number of hydrogen-bond acceptors (Lipinski definition) is 5. The number of nitrogens with zero attached hydrogens (tertiary/aromatic N) is 3. The van der Waals surface area contributed by atoms with Gasteiger partial charge in [-0.15, -0.1) is 0 Å². The smallest absolute Gasteiger partial charge is 0.322 e. The summed E-state index contributed by atoms with van der Waals surface area (Å²) in [5.74, 6) is -0.564. The van der Waals surface area contributed by atoms with Crippen molar-refractivity contribution in [3.63, 3.8) is 0 Å². The van der Waals surface area contributed by atoms with Gasteiger partial charge in [-0.3, -0.25) is 24.3 Å². The molecule has 1 N–H and O–H groups in total. The van der Waals surface area contributed by atoms with E-state index in [1.54, 1.807) is 0 Å². The molecule has 0 spiro atoms. The average molecular weight is 330 g/mol. The summed E-state index contributed by atoms with van der Waals surface area (Å²) in [6.07, 6.45) is 3.70. The number of anilines is 1. The SMILES string of the molecule is Cn1cc(/C=C/C(=O)Nc2cccc([N+](=O)[O-])c2)c(=O)n(C)c1=O. The molecule has 2 rings (SSSR count). The zero-order valence-electron chi connectivity index (χ0n) is 12.9. The molecule has 1 heterocycles. The fourth-order valence-corrected chi connectivity index (χ4v) is 2.00. The number of benzene rings is 1. The molecule has 2 aromatic rings. The summed E-state index contributed by atoms with van der Waals surface area (Å²) >= 11 is 0. The number of carbonyl (C=O) groups excluding carboxylic acids is 1. The van der Waals surface area contributed by atoms with Gasteiger partial charge >= 0.3 is 5.69 Å². The van der Waals surface area contributed by atoms with Crippen molar-refractivity contribution in [1.29, 1.82) is 0 Å². The number of aromatic nitrogens is 2. The highest BCUT2D eigenvalue weighted by atomic mass is 16.6. The average Bonchev–Trinajstić information content (AvgIpc) is 2.55. The van der Waals surface area contributed by atoms with Gasteiger partial charge in [0.1, 0.15) is 0 Å². The van der Waals surface area contributed by atoms with Gasteiger partial charge in [-0.05, 0) is 12.1 Å². The first-order chi connectivity index (χ1) is 11.3. The number of amides is 1. The van der Waals surface area contributed by atoms with Crippen LogP contribution in [0.1, 0.15) is 5.56 Å². The van der Waals surface area contributed by atoms with E-state index < -0.39 is 22.1 Å². The van der Waals surface area contributed by atoms with E-state index in [4.69, 9.17) is 0 Å². The predicted molar refractivity (Wildman–Crippen MR) is 87.7 cm³/mol. The van der Waals surface area contributed by atoms with Gasteiger partial charge < -0.3 is 9.88 Å². The number of rotatable bonds is 4. The lowest BCUT2D eigenvalue weighted by molar-refractivity contribution is -0.384. The van der Waals surface area contributed by atoms with Crippen molar-refractivity contribution in [2.45, 2.75) is 0 Å². The number of nitro benzene ring substituents is 1. The van der Waals surface area contributed by atoms with E-state index in [-0.39, 0.29) is 16.9 Å². The van der Waals surface area contributed by atoms with Gasteiger partial charge in [0.2, 0.25) is 5.91 Å². The highest BCUT2D eigenvalue weighted by Gasteiger charge is 2.08. The monoisotopic (exact) mass is 330 g/mol. The highest BCUT2D eigenvalue weighted by Crippen LogP contribution is 2.16. The molecular weight excluding hydrogens is 316 g/mol. The molecular formula is C15H14N4O5. The minimum atomic E-state index is -0.570. The molecule has 0 saturated carbocycles. The summed E-state index contributed by atoms with van der Waals surface area (Å²) in [6.45, 7) is 0. The molecule has 24 heavy (non-hydrogen) atoms. The molecule has 124 valence electrons. The Hall–Kier alpha value is -3.49. The molecule has 1 amide bonds. The molecule has 0 saturated heterocycles. The van der Waals surface area contributed by atoms with E-state index in [2.05, 4.69) is 5.32 Å². The van der Waals surface area contributed by atoms with Crippen LogP contribution in [-0.2, 0) is 18.9 Å². The Bertz CT molecular complexity index is 955. The number of non-ortho nitro benzene ring substituents is 1. The number of nitrogens with one attached hydrogen (secondary N) is 1. The molecule has 0 radical (unpaired) electrons. The highest BCUT2D eigenvalue weighted by molar-refractivity contribution is 6.02. The van der Waals surface area contributed by atoms with Crippen LogP contribution >= 0.6 is 0 Å². The van der Waals surface area contributed by atoms with Crippen LogP contribution < -0.4 is 16.6 Å². The summed E-state index contributed by atoms with van der Waals surface area (Å²) in [4.78, 5) is 45.5. The van der Waals surface area contributed by atoms with Crippen molar-refractivity contribution in [3.05, 3.63) is 73.1 Å². The van der Waals surface area contributed by atoms with Gasteiger partial charge in [-0.1, -0.05) is 6.07 Å². The van der Waals surface area contributed by atoms with Crippen molar-refractivity contribution < 1.29 is 9.72 Å². The second-order valence-corrected chi connectivity index (χ2v) is 4.97. The Kier molecular flexibility index (Phi) is 4.73. The van der Waals surface area contributed by atoms with Gasteiger partial charge in [0.25, 0.3) is 11.2 Å². The molecule has 0 aliphatic rings. The van der Waals surface area contributed by atoms with Crippen molar-refractivity contribution in [3.8, 4) is 0 Å². The van der Waals surface area contributed by atoms with Crippen molar-refractivity contribution >= 4 is 23.4 Å². The fraction of sp³-hybridized carbons (Fsp3) is 0.133. The lowest BCUT2D eigenvalue weighted by Gasteiger charge is -2.04. The summed E-state index contributed by atoms with van der Waals surface area (Å²) in [5, 5.41) is 13.2. The predicted octanol–water partition coefficient (Wildman–Crippen LogP) is 0.644.